The van der Waals surface area contributed by atoms with E-state index >= 15 is 0 Å². The number of nitrogens with zero attached hydrogens (tertiary/aromatic N) is 2. The van der Waals surface area contributed by atoms with Crippen LogP contribution in [0.3, 0.4) is 0 Å². The van der Waals surface area contributed by atoms with Crippen LogP contribution in [0.5, 0.6) is 23.0 Å². The molecular formula is C24H28N2O6S. The monoisotopic (exact) mass is 472 g/mol. The van der Waals surface area contributed by atoms with Gasteiger partial charge in [-0.1, -0.05) is 17.4 Å². The number of carbonyl (C=O) groups excluding carboxylic acids is 1. The molecule has 176 valence electrons. The van der Waals surface area contributed by atoms with Crippen molar-refractivity contribution in [2.75, 3.05) is 44.9 Å². The van der Waals surface area contributed by atoms with Crippen molar-refractivity contribution in [1.29, 1.82) is 0 Å². The summed E-state index contributed by atoms with van der Waals surface area (Å²) in [5.41, 5.74) is 1.22. The molecule has 4 rings (SSSR count). The van der Waals surface area contributed by atoms with Crippen LogP contribution in [0.2, 0.25) is 0 Å². The number of hydrogen-bond acceptors (Lipinski definition) is 9. The lowest BCUT2D eigenvalue weighted by Crippen LogP contribution is -2.53. The molecule has 1 aromatic heterocycles. The number of benzene rings is 2. The number of para-hydroxylation sites is 1. The fourth-order valence-electron chi connectivity index (χ4n) is 3.61. The van der Waals surface area contributed by atoms with E-state index in [9.17, 15) is 4.79 Å². The van der Waals surface area contributed by atoms with Crippen LogP contribution in [-0.4, -0.2) is 57.1 Å². The Labute approximate surface area is 197 Å². The summed E-state index contributed by atoms with van der Waals surface area (Å²) in [6.45, 7) is 8.15. The number of aromatic nitrogens is 1. The van der Waals surface area contributed by atoms with Crippen molar-refractivity contribution in [2.24, 2.45) is 0 Å². The molecule has 0 unspecified atom stereocenters. The van der Waals surface area contributed by atoms with E-state index in [4.69, 9.17) is 28.7 Å². The molecular weight excluding hydrogens is 444 g/mol. The molecule has 0 bridgehead atoms. The number of hydrogen-bond donors (Lipinski definition) is 0. The molecule has 0 radical (unpaired) electrons. The molecule has 33 heavy (non-hydrogen) atoms. The van der Waals surface area contributed by atoms with E-state index in [-0.39, 0.29) is 6.10 Å². The molecule has 0 saturated carbocycles. The van der Waals surface area contributed by atoms with E-state index in [2.05, 4.69) is 4.90 Å². The minimum atomic E-state index is -0.421. The first-order valence-corrected chi connectivity index (χ1v) is 11.8. The molecule has 2 heterocycles. The van der Waals surface area contributed by atoms with Crippen LogP contribution in [0.25, 0.3) is 10.2 Å². The molecule has 1 fully saturated rings. The first-order chi connectivity index (χ1) is 16.1. The lowest BCUT2D eigenvalue weighted by molar-refractivity contribution is 0.0233. The summed E-state index contributed by atoms with van der Waals surface area (Å²) >= 11 is 1.60. The minimum Gasteiger partial charge on any atom is -0.494 e. The molecule has 0 aliphatic carbocycles. The van der Waals surface area contributed by atoms with Crippen molar-refractivity contribution in [1.82, 2.24) is 4.98 Å². The van der Waals surface area contributed by atoms with Crippen LogP contribution >= 0.6 is 11.3 Å². The van der Waals surface area contributed by atoms with Crippen molar-refractivity contribution in [3.63, 3.8) is 0 Å². The third kappa shape index (κ3) is 4.78. The highest BCUT2D eigenvalue weighted by atomic mass is 32.1. The molecule has 1 saturated heterocycles. The van der Waals surface area contributed by atoms with E-state index < -0.39 is 5.97 Å². The summed E-state index contributed by atoms with van der Waals surface area (Å²) < 4.78 is 29.3. The average molecular weight is 473 g/mol. The Morgan fingerprint density at radius 3 is 2.30 bits per heavy atom. The highest BCUT2D eigenvalue weighted by Crippen LogP contribution is 2.40. The van der Waals surface area contributed by atoms with Crippen LogP contribution in [0, 0.1) is 0 Å². The predicted octanol–water partition coefficient (Wildman–Crippen LogP) is 4.55. The Bertz CT molecular complexity index is 1100. The van der Waals surface area contributed by atoms with Crippen molar-refractivity contribution in [3.8, 4) is 23.0 Å². The maximum absolute atomic E-state index is 12.9. The van der Waals surface area contributed by atoms with Gasteiger partial charge in [-0.3, -0.25) is 0 Å². The summed E-state index contributed by atoms with van der Waals surface area (Å²) in [5.74, 6) is 1.77. The van der Waals surface area contributed by atoms with Crippen LogP contribution in [0.15, 0.2) is 30.3 Å². The number of methoxy groups -OCH3 is 1. The Hall–Kier alpha value is -3.20. The number of thiazole rings is 1. The van der Waals surface area contributed by atoms with Crippen LogP contribution in [0.1, 0.15) is 31.1 Å². The summed E-state index contributed by atoms with van der Waals surface area (Å²) in [6, 6.07) is 9.17. The van der Waals surface area contributed by atoms with Crippen molar-refractivity contribution in [3.05, 3.63) is 35.9 Å². The SMILES string of the molecule is CCOc1cc(C(=O)OC2CN(c3nc4c(OC)cccc4s3)C2)cc(OCC)c1OCC. The van der Waals surface area contributed by atoms with Gasteiger partial charge in [-0.05, 0) is 45.0 Å². The summed E-state index contributed by atoms with van der Waals surface area (Å²) in [4.78, 5) is 19.7. The standard InChI is InChI=1S/C24H28N2O6S/c1-5-29-18-11-15(12-19(30-6-2)22(18)31-7-3)23(27)32-16-13-26(14-16)24-25-21-17(28-4)9-8-10-20(21)33-24/h8-12,16H,5-7,13-14H2,1-4H3. The molecule has 9 heteroatoms. The van der Waals surface area contributed by atoms with Gasteiger partial charge in [0.05, 0.1) is 50.3 Å². The molecule has 0 N–H and O–H groups in total. The van der Waals surface area contributed by atoms with Gasteiger partial charge in [0, 0.05) is 0 Å². The van der Waals surface area contributed by atoms with Crippen LogP contribution < -0.4 is 23.8 Å². The molecule has 2 aromatic carbocycles. The Balaban J connectivity index is 1.45. The molecule has 1 aliphatic heterocycles. The Kier molecular flexibility index (Phi) is 7.08. The second kappa shape index (κ2) is 10.2. The fraction of sp³-hybridized carbons (Fsp3) is 0.417. The second-order valence-electron chi connectivity index (χ2n) is 7.34. The van der Waals surface area contributed by atoms with Gasteiger partial charge in [0.25, 0.3) is 0 Å². The second-order valence-corrected chi connectivity index (χ2v) is 8.35. The van der Waals surface area contributed by atoms with Gasteiger partial charge in [-0.25, -0.2) is 9.78 Å². The molecule has 0 spiro atoms. The number of ether oxygens (including phenoxy) is 5. The number of anilines is 1. The Morgan fingerprint density at radius 1 is 1.03 bits per heavy atom. The maximum Gasteiger partial charge on any atom is 0.338 e. The van der Waals surface area contributed by atoms with E-state index in [1.807, 2.05) is 39.0 Å². The van der Waals surface area contributed by atoms with Gasteiger partial charge in [0.1, 0.15) is 17.4 Å². The first-order valence-electron chi connectivity index (χ1n) is 11.0. The van der Waals surface area contributed by atoms with Crippen LogP contribution in [0.4, 0.5) is 5.13 Å². The maximum atomic E-state index is 12.9. The lowest BCUT2D eigenvalue weighted by atomic mass is 10.1. The third-order valence-electron chi connectivity index (χ3n) is 5.13. The minimum absolute atomic E-state index is 0.218. The first kappa shape index (κ1) is 23.0. The summed E-state index contributed by atoms with van der Waals surface area (Å²) in [7, 11) is 1.64. The normalized spacial score (nSPS) is 13.5. The van der Waals surface area contributed by atoms with Gasteiger partial charge in [-0.2, -0.15) is 0 Å². The van der Waals surface area contributed by atoms with Gasteiger partial charge in [0.2, 0.25) is 5.75 Å². The third-order valence-corrected chi connectivity index (χ3v) is 6.21. The van der Waals surface area contributed by atoms with Crippen molar-refractivity contribution >= 4 is 32.7 Å². The summed E-state index contributed by atoms with van der Waals surface area (Å²) in [5, 5.41) is 0.889. The zero-order chi connectivity index (χ0) is 23.4. The molecule has 3 aromatic rings. The molecule has 0 amide bonds. The smallest absolute Gasteiger partial charge is 0.338 e. The largest absolute Gasteiger partial charge is 0.494 e. The van der Waals surface area contributed by atoms with Crippen LogP contribution in [-0.2, 0) is 4.74 Å². The fourth-order valence-corrected chi connectivity index (χ4v) is 4.61. The zero-order valence-electron chi connectivity index (χ0n) is 19.3. The van der Waals surface area contributed by atoms with E-state index in [1.54, 1.807) is 30.6 Å². The van der Waals surface area contributed by atoms with Gasteiger partial charge in [0.15, 0.2) is 16.6 Å². The van der Waals surface area contributed by atoms with Gasteiger partial charge in [-0.15, -0.1) is 0 Å². The van der Waals surface area contributed by atoms with E-state index in [1.165, 1.54) is 0 Å². The number of esters is 1. The van der Waals surface area contributed by atoms with E-state index in [0.717, 1.165) is 21.1 Å². The lowest BCUT2D eigenvalue weighted by Gasteiger charge is -2.38. The topological polar surface area (TPSA) is 79.4 Å². The predicted molar refractivity (Wildman–Crippen MR) is 128 cm³/mol. The van der Waals surface area contributed by atoms with Crippen molar-refractivity contribution in [2.45, 2.75) is 26.9 Å². The number of carbonyl (C=O) groups is 1. The number of fused-ring (bicyclic) bond motifs is 1. The highest BCUT2D eigenvalue weighted by molar-refractivity contribution is 7.22. The van der Waals surface area contributed by atoms with Gasteiger partial charge < -0.3 is 28.6 Å². The summed E-state index contributed by atoms with van der Waals surface area (Å²) in [6.07, 6.45) is -0.218. The van der Waals surface area contributed by atoms with Gasteiger partial charge >= 0.3 is 5.97 Å². The molecule has 0 atom stereocenters. The Morgan fingerprint density at radius 2 is 1.70 bits per heavy atom. The number of rotatable bonds is 10. The average Bonchev–Trinajstić information content (AvgIpc) is 3.21. The highest BCUT2D eigenvalue weighted by Gasteiger charge is 2.33. The van der Waals surface area contributed by atoms with Crippen molar-refractivity contribution < 1.29 is 28.5 Å². The van der Waals surface area contributed by atoms with E-state index in [0.29, 0.717) is 55.7 Å². The molecule has 8 nitrogen and oxygen atoms in total. The quantitative estimate of drug-likeness (QED) is 0.398. The zero-order valence-corrected chi connectivity index (χ0v) is 20.1. The molecule has 1 aliphatic rings.